The van der Waals surface area contributed by atoms with E-state index in [1.54, 1.807) is 6.07 Å². The number of halogens is 2. The van der Waals surface area contributed by atoms with Crippen molar-refractivity contribution in [2.75, 3.05) is 0 Å². The van der Waals surface area contributed by atoms with Gasteiger partial charge in [-0.05, 0) is 36.1 Å². The highest BCUT2D eigenvalue weighted by Gasteiger charge is 2.08. The lowest BCUT2D eigenvalue weighted by Gasteiger charge is -2.17. The molecular formula is C17H19F2N. The summed E-state index contributed by atoms with van der Waals surface area (Å²) in [5.41, 5.74) is 2.03. The molecule has 1 unspecified atom stereocenters. The minimum absolute atomic E-state index is 0.325. The van der Waals surface area contributed by atoms with Crippen molar-refractivity contribution < 1.29 is 8.78 Å². The first kappa shape index (κ1) is 14.7. The van der Waals surface area contributed by atoms with Gasteiger partial charge in [0.25, 0.3) is 0 Å². The van der Waals surface area contributed by atoms with Crippen molar-refractivity contribution in [3.63, 3.8) is 0 Å². The molecule has 1 N–H and O–H groups in total. The van der Waals surface area contributed by atoms with Gasteiger partial charge in [-0.3, -0.25) is 0 Å². The Morgan fingerprint density at radius 2 is 1.70 bits per heavy atom. The van der Waals surface area contributed by atoms with Crippen LogP contribution in [-0.2, 0) is 13.0 Å². The summed E-state index contributed by atoms with van der Waals surface area (Å²) in [5, 5.41) is 3.39. The number of benzene rings is 2. The summed E-state index contributed by atoms with van der Waals surface area (Å²) < 4.78 is 26.0. The Bertz CT molecular complexity index is 540. The second-order valence-corrected chi connectivity index (χ2v) is 4.92. The molecule has 106 valence electrons. The van der Waals surface area contributed by atoms with Crippen LogP contribution in [0.25, 0.3) is 0 Å². The molecule has 2 rings (SSSR count). The van der Waals surface area contributed by atoms with Crippen molar-refractivity contribution in [3.05, 3.63) is 71.3 Å². The first-order valence-electron chi connectivity index (χ1n) is 6.90. The Kier molecular flexibility index (Phi) is 5.24. The molecule has 0 aliphatic carbocycles. The molecule has 0 spiro atoms. The summed E-state index contributed by atoms with van der Waals surface area (Å²) in [6.07, 6.45) is 1.92. The molecule has 0 saturated heterocycles. The van der Waals surface area contributed by atoms with Gasteiger partial charge in [0, 0.05) is 12.6 Å². The molecule has 0 aliphatic rings. The fourth-order valence-corrected chi connectivity index (χ4v) is 2.17. The molecule has 0 saturated carbocycles. The first-order chi connectivity index (χ1) is 9.69. The third-order valence-corrected chi connectivity index (χ3v) is 3.40. The van der Waals surface area contributed by atoms with Gasteiger partial charge in [0.05, 0.1) is 0 Å². The van der Waals surface area contributed by atoms with Crippen molar-refractivity contribution in [3.8, 4) is 0 Å². The predicted octanol–water partition coefficient (Wildman–Crippen LogP) is 4.08. The molecule has 3 heteroatoms. The average molecular weight is 275 g/mol. The molecule has 2 aromatic rings. The van der Waals surface area contributed by atoms with Gasteiger partial charge in [-0.1, -0.05) is 43.3 Å². The Hall–Kier alpha value is -1.74. The van der Waals surface area contributed by atoms with E-state index >= 15 is 0 Å². The van der Waals surface area contributed by atoms with Gasteiger partial charge in [-0.25, -0.2) is 8.78 Å². The molecule has 20 heavy (non-hydrogen) atoms. The maximum Gasteiger partial charge on any atom is 0.159 e. The van der Waals surface area contributed by atoms with Gasteiger partial charge < -0.3 is 5.32 Å². The second-order valence-electron chi connectivity index (χ2n) is 4.92. The Morgan fingerprint density at radius 3 is 2.35 bits per heavy atom. The van der Waals surface area contributed by atoms with Crippen LogP contribution in [0.3, 0.4) is 0 Å². The third kappa shape index (κ3) is 4.14. The van der Waals surface area contributed by atoms with E-state index in [9.17, 15) is 8.78 Å². The van der Waals surface area contributed by atoms with Crippen LogP contribution in [0.2, 0.25) is 0 Å². The third-order valence-electron chi connectivity index (χ3n) is 3.40. The van der Waals surface area contributed by atoms with E-state index < -0.39 is 11.6 Å². The maximum absolute atomic E-state index is 13.1. The van der Waals surface area contributed by atoms with Gasteiger partial charge in [0.2, 0.25) is 0 Å². The van der Waals surface area contributed by atoms with E-state index in [1.165, 1.54) is 17.7 Å². The van der Waals surface area contributed by atoms with Gasteiger partial charge in [0.1, 0.15) is 0 Å². The zero-order valence-electron chi connectivity index (χ0n) is 11.6. The monoisotopic (exact) mass is 275 g/mol. The van der Waals surface area contributed by atoms with Crippen LogP contribution in [0.5, 0.6) is 0 Å². The van der Waals surface area contributed by atoms with Crippen LogP contribution >= 0.6 is 0 Å². The minimum Gasteiger partial charge on any atom is -0.310 e. The van der Waals surface area contributed by atoms with Crippen LogP contribution < -0.4 is 5.32 Å². The topological polar surface area (TPSA) is 12.0 Å². The summed E-state index contributed by atoms with van der Waals surface area (Å²) in [5.74, 6) is -1.59. The van der Waals surface area contributed by atoms with Crippen molar-refractivity contribution in [2.24, 2.45) is 0 Å². The zero-order valence-corrected chi connectivity index (χ0v) is 11.6. The summed E-state index contributed by atoms with van der Waals surface area (Å²) in [7, 11) is 0. The fraction of sp³-hybridized carbons (Fsp3) is 0.294. The predicted molar refractivity (Wildman–Crippen MR) is 77.4 cm³/mol. The van der Waals surface area contributed by atoms with Gasteiger partial charge >= 0.3 is 0 Å². The fourth-order valence-electron chi connectivity index (χ4n) is 2.17. The number of nitrogens with one attached hydrogen (secondary N) is 1. The standard InChI is InChI=1S/C17H19F2N/c1-2-15(10-13-6-4-3-5-7-13)20-12-14-8-9-16(18)17(19)11-14/h3-9,11,15,20H,2,10,12H2,1H3. The van der Waals surface area contributed by atoms with E-state index in [4.69, 9.17) is 0 Å². The molecule has 0 amide bonds. The number of rotatable bonds is 6. The Labute approximate surface area is 118 Å². The molecule has 2 aromatic carbocycles. The highest BCUT2D eigenvalue weighted by molar-refractivity contribution is 5.18. The molecule has 1 atom stereocenters. The van der Waals surface area contributed by atoms with Crippen LogP contribution in [0.15, 0.2) is 48.5 Å². The van der Waals surface area contributed by atoms with E-state index in [-0.39, 0.29) is 0 Å². The smallest absolute Gasteiger partial charge is 0.159 e. The maximum atomic E-state index is 13.1. The number of hydrogen-bond donors (Lipinski definition) is 1. The summed E-state index contributed by atoms with van der Waals surface area (Å²) in [6.45, 7) is 2.66. The lowest BCUT2D eigenvalue weighted by molar-refractivity contribution is 0.485. The second kappa shape index (κ2) is 7.15. The van der Waals surface area contributed by atoms with Crippen LogP contribution in [0, 0.1) is 11.6 Å². The normalized spacial score (nSPS) is 12.3. The molecule has 0 fully saturated rings. The summed E-state index contributed by atoms with van der Waals surface area (Å²) in [6, 6.07) is 14.6. The van der Waals surface area contributed by atoms with Crippen molar-refractivity contribution >= 4 is 0 Å². The Morgan fingerprint density at radius 1 is 0.950 bits per heavy atom. The van der Waals surface area contributed by atoms with Gasteiger partial charge in [-0.15, -0.1) is 0 Å². The Balaban J connectivity index is 1.92. The van der Waals surface area contributed by atoms with Crippen molar-refractivity contribution in [1.82, 2.24) is 5.32 Å². The first-order valence-corrected chi connectivity index (χ1v) is 6.90. The van der Waals surface area contributed by atoms with E-state index in [1.807, 2.05) is 18.2 Å². The quantitative estimate of drug-likeness (QED) is 0.837. The lowest BCUT2D eigenvalue weighted by atomic mass is 10.0. The largest absolute Gasteiger partial charge is 0.310 e. The molecule has 0 aromatic heterocycles. The minimum atomic E-state index is -0.801. The van der Waals surface area contributed by atoms with Crippen molar-refractivity contribution in [2.45, 2.75) is 32.4 Å². The van der Waals surface area contributed by atoms with Gasteiger partial charge in [0.15, 0.2) is 11.6 Å². The summed E-state index contributed by atoms with van der Waals surface area (Å²) >= 11 is 0. The average Bonchev–Trinajstić information content (AvgIpc) is 2.48. The van der Waals surface area contributed by atoms with Crippen LogP contribution in [0.1, 0.15) is 24.5 Å². The highest BCUT2D eigenvalue weighted by atomic mass is 19.2. The van der Waals surface area contributed by atoms with Gasteiger partial charge in [-0.2, -0.15) is 0 Å². The molecule has 1 nitrogen and oxygen atoms in total. The van der Waals surface area contributed by atoms with Crippen LogP contribution in [-0.4, -0.2) is 6.04 Å². The molecule has 0 bridgehead atoms. The van der Waals surface area contributed by atoms with E-state index in [0.29, 0.717) is 12.6 Å². The zero-order chi connectivity index (χ0) is 14.4. The van der Waals surface area contributed by atoms with Crippen LogP contribution in [0.4, 0.5) is 8.78 Å². The molecule has 0 heterocycles. The van der Waals surface area contributed by atoms with E-state index in [2.05, 4.69) is 24.4 Å². The SMILES string of the molecule is CCC(Cc1ccccc1)NCc1ccc(F)c(F)c1. The highest BCUT2D eigenvalue weighted by Crippen LogP contribution is 2.10. The summed E-state index contributed by atoms with van der Waals surface area (Å²) in [4.78, 5) is 0. The molecule has 0 aliphatic heterocycles. The van der Waals surface area contributed by atoms with E-state index in [0.717, 1.165) is 18.4 Å². The number of hydrogen-bond acceptors (Lipinski definition) is 1. The molecular weight excluding hydrogens is 256 g/mol. The molecule has 0 radical (unpaired) electrons. The lowest BCUT2D eigenvalue weighted by Crippen LogP contribution is -2.30. The van der Waals surface area contributed by atoms with Crippen molar-refractivity contribution in [1.29, 1.82) is 0 Å².